The number of likely N-dealkylation sites (tertiary alicyclic amines) is 1. The van der Waals surface area contributed by atoms with E-state index < -0.39 is 0 Å². The molecule has 0 radical (unpaired) electrons. The number of rotatable bonds is 2. The third-order valence-electron chi connectivity index (χ3n) is 2.93. The molecule has 0 bridgehead atoms. The van der Waals surface area contributed by atoms with Gasteiger partial charge in [0.15, 0.2) is 0 Å². The lowest BCUT2D eigenvalue weighted by atomic mass is 10.0. The van der Waals surface area contributed by atoms with Gasteiger partial charge in [-0.3, -0.25) is 4.90 Å². The van der Waals surface area contributed by atoms with E-state index in [0.717, 1.165) is 18.2 Å². The Balaban J connectivity index is 2.00. The molecule has 0 aliphatic carbocycles. The van der Waals surface area contributed by atoms with Crippen molar-refractivity contribution >= 4 is 0 Å². The summed E-state index contributed by atoms with van der Waals surface area (Å²) in [5.74, 6) is 0. The molecule has 1 atom stereocenters. The molecule has 2 rings (SSSR count). The highest BCUT2D eigenvalue weighted by Crippen LogP contribution is 2.19. The molecule has 72 valence electrons. The molecular weight excluding hydrogens is 172 g/mol. The molecule has 0 N–H and O–H groups in total. The van der Waals surface area contributed by atoms with Crippen molar-refractivity contribution in [2.75, 3.05) is 6.54 Å². The summed E-state index contributed by atoms with van der Waals surface area (Å²) in [6.45, 7) is 4.49. The van der Waals surface area contributed by atoms with Gasteiger partial charge in [-0.15, -0.1) is 0 Å². The van der Waals surface area contributed by atoms with E-state index in [1.165, 1.54) is 18.5 Å². The minimum atomic E-state index is 0.727. The zero-order valence-electron chi connectivity index (χ0n) is 8.40. The molecule has 1 unspecified atom stereocenters. The van der Waals surface area contributed by atoms with Gasteiger partial charge < -0.3 is 0 Å². The highest BCUT2D eigenvalue weighted by Gasteiger charge is 2.22. The molecule has 1 aliphatic rings. The van der Waals surface area contributed by atoms with Gasteiger partial charge in [0, 0.05) is 19.1 Å². The lowest BCUT2D eigenvalue weighted by Crippen LogP contribution is -2.44. The Morgan fingerprint density at radius 1 is 1.43 bits per heavy atom. The van der Waals surface area contributed by atoms with Crippen LogP contribution in [0.5, 0.6) is 0 Å². The summed E-state index contributed by atoms with van der Waals surface area (Å²) < 4.78 is 0. The van der Waals surface area contributed by atoms with E-state index >= 15 is 0 Å². The molecule has 1 heterocycles. The molecule has 0 saturated carbocycles. The van der Waals surface area contributed by atoms with Gasteiger partial charge in [-0.1, -0.05) is 12.1 Å². The molecule has 14 heavy (non-hydrogen) atoms. The number of benzene rings is 1. The topological polar surface area (TPSA) is 27.0 Å². The van der Waals surface area contributed by atoms with E-state index in [9.17, 15) is 0 Å². The lowest BCUT2D eigenvalue weighted by Gasteiger charge is -2.38. The summed E-state index contributed by atoms with van der Waals surface area (Å²) in [5.41, 5.74) is 2.04. The molecule has 2 heteroatoms. The summed E-state index contributed by atoms with van der Waals surface area (Å²) in [7, 11) is 0. The Hall–Kier alpha value is -1.33. The summed E-state index contributed by atoms with van der Waals surface area (Å²) in [6.07, 6.45) is 1.32. The number of hydrogen-bond donors (Lipinski definition) is 0. The maximum absolute atomic E-state index is 8.65. The molecule has 1 fully saturated rings. The molecule has 0 spiro atoms. The summed E-state index contributed by atoms with van der Waals surface area (Å²) >= 11 is 0. The van der Waals surface area contributed by atoms with Crippen molar-refractivity contribution in [3.63, 3.8) is 0 Å². The van der Waals surface area contributed by atoms with Crippen LogP contribution in [0.3, 0.4) is 0 Å². The minimum Gasteiger partial charge on any atom is -0.296 e. The first-order valence-corrected chi connectivity index (χ1v) is 5.02. The van der Waals surface area contributed by atoms with Gasteiger partial charge in [0.2, 0.25) is 0 Å². The maximum Gasteiger partial charge on any atom is 0.0991 e. The zero-order valence-corrected chi connectivity index (χ0v) is 8.40. The largest absolute Gasteiger partial charge is 0.296 e. The average molecular weight is 186 g/mol. The van der Waals surface area contributed by atoms with Gasteiger partial charge in [0.25, 0.3) is 0 Å². The molecule has 1 aromatic rings. The van der Waals surface area contributed by atoms with Gasteiger partial charge in [-0.2, -0.15) is 5.26 Å². The predicted molar refractivity (Wildman–Crippen MR) is 55.6 cm³/mol. The fraction of sp³-hybridized carbons (Fsp3) is 0.417. The highest BCUT2D eigenvalue weighted by atomic mass is 15.2. The van der Waals surface area contributed by atoms with E-state index in [1.54, 1.807) is 0 Å². The SMILES string of the molecule is CC1CCN1Cc1ccc(C#N)cc1. The molecule has 0 aromatic heterocycles. The van der Waals surface area contributed by atoms with Crippen molar-refractivity contribution in [2.45, 2.75) is 25.9 Å². The number of nitriles is 1. The maximum atomic E-state index is 8.65. The van der Waals surface area contributed by atoms with Crippen molar-refractivity contribution in [2.24, 2.45) is 0 Å². The van der Waals surface area contributed by atoms with E-state index in [4.69, 9.17) is 5.26 Å². The third-order valence-corrected chi connectivity index (χ3v) is 2.93. The van der Waals surface area contributed by atoms with Crippen LogP contribution < -0.4 is 0 Å². The van der Waals surface area contributed by atoms with Crippen molar-refractivity contribution < 1.29 is 0 Å². The second kappa shape index (κ2) is 3.81. The monoisotopic (exact) mass is 186 g/mol. The standard InChI is InChI=1S/C12H14N2/c1-10-6-7-14(10)9-12-4-2-11(8-13)3-5-12/h2-5,10H,6-7,9H2,1H3. The van der Waals surface area contributed by atoms with Crippen LogP contribution in [0.2, 0.25) is 0 Å². The van der Waals surface area contributed by atoms with Gasteiger partial charge in [0.05, 0.1) is 11.6 Å². The lowest BCUT2D eigenvalue weighted by molar-refractivity contribution is 0.0959. The fourth-order valence-electron chi connectivity index (χ4n) is 1.72. The first-order valence-electron chi connectivity index (χ1n) is 5.02. The number of hydrogen-bond acceptors (Lipinski definition) is 2. The van der Waals surface area contributed by atoms with E-state index in [0.29, 0.717) is 0 Å². The second-order valence-corrected chi connectivity index (χ2v) is 3.92. The van der Waals surface area contributed by atoms with Crippen molar-refractivity contribution in [3.05, 3.63) is 35.4 Å². The van der Waals surface area contributed by atoms with Crippen LogP contribution >= 0.6 is 0 Å². The van der Waals surface area contributed by atoms with Crippen LogP contribution in [0.4, 0.5) is 0 Å². The highest BCUT2D eigenvalue weighted by molar-refractivity contribution is 5.31. The van der Waals surface area contributed by atoms with Gasteiger partial charge >= 0.3 is 0 Å². The average Bonchev–Trinajstić information content (AvgIpc) is 2.24. The molecule has 0 amide bonds. The molecular formula is C12H14N2. The van der Waals surface area contributed by atoms with Crippen molar-refractivity contribution in [1.29, 1.82) is 5.26 Å². The van der Waals surface area contributed by atoms with Crippen LogP contribution in [-0.2, 0) is 6.54 Å². The van der Waals surface area contributed by atoms with E-state index in [-0.39, 0.29) is 0 Å². The molecule has 1 aromatic carbocycles. The predicted octanol–water partition coefficient (Wildman–Crippen LogP) is 2.15. The van der Waals surface area contributed by atoms with E-state index in [1.807, 2.05) is 24.3 Å². The molecule has 2 nitrogen and oxygen atoms in total. The van der Waals surface area contributed by atoms with Crippen molar-refractivity contribution in [1.82, 2.24) is 4.90 Å². The summed E-state index contributed by atoms with van der Waals surface area (Å²) in [6, 6.07) is 10.7. The normalized spacial score (nSPS) is 21.3. The first kappa shape index (κ1) is 9.23. The summed E-state index contributed by atoms with van der Waals surface area (Å²) in [4.78, 5) is 2.45. The van der Waals surface area contributed by atoms with Gasteiger partial charge in [-0.25, -0.2) is 0 Å². The van der Waals surface area contributed by atoms with Crippen LogP contribution in [-0.4, -0.2) is 17.5 Å². The second-order valence-electron chi connectivity index (χ2n) is 3.92. The third kappa shape index (κ3) is 1.78. The van der Waals surface area contributed by atoms with Crippen LogP contribution in [0.15, 0.2) is 24.3 Å². The number of nitrogens with zero attached hydrogens (tertiary/aromatic N) is 2. The first-order chi connectivity index (χ1) is 6.79. The Kier molecular flexibility index (Phi) is 2.51. The molecule has 1 saturated heterocycles. The van der Waals surface area contributed by atoms with Gasteiger partial charge in [-0.05, 0) is 31.0 Å². The van der Waals surface area contributed by atoms with E-state index in [2.05, 4.69) is 17.9 Å². The summed E-state index contributed by atoms with van der Waals surface area (Å²) in [5, 5.41) is 8.65. The Labute approximate surface area is 84.8 Å². The van der Waals surface area contributed by atoms with Crippen LogP contribution in [0, 0.1) is 11.3 Å². The van der Waals surface area contributed by atoms with Crippen molar-refractivity contribution in [3.8, 4) is 6.07 Å². The van der Waals surface area contributed by atoms with Gasteiger partial charge in [0.1, 0.15) is 0 Å². The zero-order chi connectivity index (χ0) is 9.97. The Bertz CT molecular complexity index is 348. The van der Waals surface area contributed by atoms with Crippen LogP contribution in [0.25, 0.3) is 0 Å². The van der Waals surface area contributed by atoms with Crippen LogP contribution in [0.1, 0.15) is 24.5 Å². The fourth-order valence-corrected chi connectivity index (χ4v) is 1.72. The Morgan fingerprint density at radius 2 is 2.14 bits per heavy atom. The quantitative estimate of drug-likeness (QED) is 0.707. The smallest absolute Gasteiger partial charge is 0.0991 e. The minimum absolute atomic E-state index is 0.727. The molecule has 1 aliphatic heterocycles. The Morgan fingerprint density at radius 3 is 2.57 bits per heavy atom.